The summed E-state index contributed by atoms with van der Waals surface area (Å²) in [6.07, 6.45) is 7.40. The molecule has 186 valence electrons. The number of carbonyl (C=O) groups excluding carboxylic acids is 1. The molecule has 3 aromatic rings. The lowest BCUT2D eigenvalue weighted by Gasteiger charge is -2.33. The number of nitrogens with one attached hydrogen (secondary N) is 2. The zero-order chi connectivity index (χ0) is 24.8. The summed E-state index contributed by atoms with van der Waals surface area (Å²) in [5.41, 5.74) is 4.39. The number of fused-ring (bicyclic) bond motifs is 1. The Morgan fingerprint density at radius 1 is 1.26 bits per heavy atom. The number of sulfone groups is 1. The number of benzene rings is 1. The summed E-state index contributed by atoms with van der Waals surface area (Å²) in [5.74, 6) is 0.0742. The van der Waals surface area contributed by atoms with Crippen LogP contribution in [-0.2, 0) is 22.7 Å². The normalized spacial score (nSPS) is 23.9. The van der Waals surface area contributed by atoms with E-state index >= 15 is 0 Å². The van der Waals surface area contributed by atoms with E-state index in [-0.39, 0.29) is 34.3 Å². The van der Waals surface area contributed by atoms with E-state index in [9.17, 15) is 13.2 Å². The highest BCUT2D eigenvalue weighted by molar-refractivity contribution is 7.92. The molecule has 1 amide bonds. The van der Waals surface area contributed by atoms with E-state index < -0.39 is 9.84 Å². The van der Waals surface area contributed by atoms with Crippen molar-refractivity contribution in [2.75, 3.05) is 11.1 Å². The second-order valence-corrected chi connectivity index (χ2v) is 13.4. The molecule has 1 aromatic carbocycles. The molecule has 0 saturated carbocycles. The highest BCUT2D eigenvalue weighted by Crippen LogP contribution is 2.38. The van der Waals surface area contributed by atoms with Crippen LogP contribution in [0.2, 0.25) is 0 Å². The number of hydrogen-bond donors (Lipinski definition) is 2. The quantitative estimate of drug-likeness (QED) is 0.552. The van der Waals surface area contributed by atoms with Crippen molar-refractivity contribution < 1.29 is 13.2 Å². The van der Waals surface area contributed by atoms with Crippen molar-refractivity contribution in [1.29, 1.82) is 0 Å². The van der Waals surface area contributed by atoms with E-state index in [1.54, 1.807) is 13.1 Å². The van der Waals surface area contributed by atoms with Gasteiger partial charge in [0.2, 0.25) is 0 Å². The minimum absolute atomic E-state index is 0.111. The lowest BCUT2D eigenvalue weighted by Crippen LogP contribution is -2.35. The fourth-order valence-electron chi connectivity index (χ4n) is 5.57. The summed E-state index contributed by atoms with van der Waals surface area (Å²) in [7, 11) is -3.04. The maximum Gasteiger partial charge on any atom is 0.276 e. The third-order valence-corrected chi connectivity index (χ3v) is 9.85. The first-order chi connectivity index (χ1) is 16.6. The van der Waals surface area contributed by atoms with Gasteiger partial charge in [0.15, 0.2) is 15.5 Å². The Balaban J connectivity index is 1.38. The SMILES string of the molecule is CC1CC(C(c2ccccc2)n2cc(NC(=O)c3n[nH]c4c3CCC(C)(C)C4)cn2)CCS1(=O)=O. The van der Waals surface area contributed by atoms with Crippen LogP contribution in [0.4, 0.5) is 5.69 Å². The van der Waals surface area contributed by atoms with Crippen LogP contribution in [0.3, 0.4) is 0 Å². The number of H-pyrrole nitrogens is 1. The number of anilines is 1. The van der Waals surface area contributed by atoms with Gasteiger partial charge in [-0.15, -0.1) is 0 Å². The van der Waals surface area contributed by atoms with Gasteiger partial charge in [0.1, 0.15) is 0 Å². The van der Waals surface area contributed by atoms with Gasteiger partial charge < -0.3 is 5.32 Å². The van der Waals surface area contributed by atoms with Crippen molar-refractivity contribution in [3.63, 3.8) is 0 Å². The molecule has 2 aliphatic rings. The summed E-state index contributed by atoms with van der Waals surface area (Å²) in [6.45, 7) is 6.26. The zero-order valence-corrected chi connectivity index (χ0v) is 21.3. The van der Waals surface area contributed by atoms with E-state index in [1.807, 2.05) is 29.1 Å². The minimum atomic E-state index is -3.04. The number of rotatable bonds is 5. The molecule has 3 heterocycles. The zero-order valence-electron chi connectivity index (χ0n) is 20.5. The number of hydrogen-bond acceptors (Lipinski definition) is 5. The average Bonchev–Trinajstić information content (AvgIpc) is 3.43. The van der Waals surface area contributed by atoms with Crippen molar-refractivity contribution in [2.45, 2.75) is 64.2 Å². The molecule has 5 rings (SSSR count). The smallest absolute Gasteiger partial charge is 0.276 e. The maximum absolute atomic E-state index is 13.1. The van der Waals surface area contributed by atoms with E-state index in [0.717, 1.165) is 36.1 Å². The molecular formula is C26H33N5O3S. The van der Waals surface area contributed by atoms with Crippen LogP contribution in [-0.4, -0.2) is 45.3 Å². The molecule has 9 heteroatoms. The Bertz CT molecular complexity index is 1330. The van der Waals surface area contributed by atoms with Gasteiger partial charge in [-0.2, -0.15) is 10.2 Å². The van der Waals surface area contributed by atoms with Crippen LogP contribution in [0.15, 0.2) is 42.7 Å². The van der Waals surface area contributed by atoms with E-state index in [1.165, 1.54) is 0 Å². The van der Waals surface area contributed by atoms with Crippen molar-refractivity contribution in [3.8, 4) is 0 Å². The molecule has 3 atom stereocenters. The Hall–Kier alpha value is -2.94. The predicted molar refractivity (Wildman–Crippen MR) is 135 cm³/mol. The molecule has 1 fully saturated rings. The molecule has 3 unspecified atom stereocenters. The molecule has 0 spiro atoms. The molecular weight excluding hydrogens is 462 g/mol. The highest BCUT2D eigenvalue weighted by Gasteiger charge is 2.37. The maximum atomic E-state index is 13.1. The Kier molecular flexibility index (Phi) is 6.07. The number of carbonyl (C=O) groups is 1. The first-order valence-corrected chi connectivity index (χ1v) is 14.0. The van der Waals surface area contributed by atoms with Crippen LogP contribution >= 0.6 is 0 Å². The second-order valence-electron chi connectivity index (χ2n) is 10.9. The van der Waals surface area contributed by atoms with E-state index in [4.69, 9.17) is 0 Å². The Morgan fingerprint density at radius 3 is 2.77 bits per heavy atom. The Labute approximate surface area is 206 Å². The average molecular weight is 496 g/mol. The van der Waals surface area contributed by atoms with Crippen molar-refractivity contribution in [3.05, 3.63) is 65.2 Å². The van der Waals surface area contributed by atoms with E-state index in [0.29, 0.717) is 24.2 Å². The fraction of sp³-hybridized carbons (Fsp3) is 0.500. The number of aromatic amines is 1. The summed E-state index contributed by atoms with van der Waals surface area (Å²) >= 11 is 0. The van der Waals surface area contributed by atoms with E-state index in [2.05, 4.69) is 46.6 Å². The minimum Gasteiger partial charge on any atom is -0.318 e. The molecule has 0 bridgehead atoms. The summed E-state index contributed by atoms with van der Waals surface area (Å²) in [6, 6.07) is 9.93. The second kappa shape index (κ2) is 8.93. The van der Waals surface area contributed by atoms with Crippen LogP contribution in [0.5, 0.6) is 0 Å². The number of nitrogens with zero attached hydrogens (tertiary/aromatic N) is 3. The standard InChI is InChI=1S/C26H33N5O3S/c1-17-13-19(10-12-35(17,33)34)24(18-7-5-4-6-8-18)31-16-20(15-27-31)28-25(32)23-21-9-11-26(2,3)14-22(21)29-30-23/h4-8,15-17,19,24H,9-14H2,1-3H3,(H,28,32)(H,29,30). The molecule has 35 heavy (non-hydrogen) atoms. The van der Waals surface area contributed by atoms with Gasteiger partial charge in [-0.05, 0) is 55.9 Å². The first kappa shape index (κ1) is 23.8. The Morgan fingerprint density at radius 2 is 2.03 bits per heavy atom. The molecule has 8 nitrogen and oxygen atoms in total. The summed E-state index contributed by atoms with van der Waals surface area (Å²) < 4.78 is 26.5. The largest absolute Gasteiger partial charge is 0.318 e. The van der Waals surface area contributed by atoms with Crippen molar-refractivity contribution in [1.82, 2.24) is 20.0 Å². The molecule has 1 aliphatic heterocycles. The van der Waals surface area contributed by atoms with Crippen LogP contribution in [0.1, 0.15) is 73.4 Å². The number of amides is 1. The molecule has 1 aliphatic carbocycles. The molecule has 2 N–H and O–H groups in total. The number of aromatic nitrogens is 4. The topological polar surface area (TPSA) is 110 Å². The third-order valence-electron chi connectivity index (χ3n) is 7.63. The third kappa shape index (κ3) is 4.78. The van der Waals surface area contributed by atoms with Crippen LogP contribution in [0, 0.1) is 11.3 Å². The molecule has 1 saturated heterocycles. The summed E-state index contributed by atoms with van der Waals surface area (Å²) in [5, 5.41) is 14.6. The van der Waals surface area contributed by atoms with Crippen molar-refractivity contribution >= 4 is 21.4 Å². The van der Waals surface area contributed by atoms with Crippen LogP contribution < -0.4 is 5.32 Å². The fourth-order valence-corrected chi connectivity index (χ4v) is 7.14. The van der Waals surface area contributed by atoms with Gasteiger partial charge in [-0.3, -0.25) is 14.6 Å². The monoisotopic (exact) mass is 495 g/mol. The van der Waals surface area contributed by atoms with Crippen LogP contribution in [0.25, 0.3) is 0 Å². The highest BCUT2D eigenvalue weighted by atomic mass is 32.2. The molecule has 2 aromatic heterocycles. The van der Waals surface area contributed by atoms with Crippen molar-refractivity contribution in [2.24, 2.45) is 11.3 Å². The van der Waals surface area contributed by atoms with Gasteiger partial charge >= 0.3 is 0 Å². The first-order valence-electron chi connectivity index (χ1n) is 12.3. The molecule has 0 radical (unpaired) electrons. The lowest BCUT2D eigenvalue weighted by molar-refractivity contribution is 0.102. The van der Waals surface area contributed by atoms with Gasteiger partial charge in [0.25, 0.3) is 5.91 Å². The predicted octanol–water partition coefficient (Wildman–Crippen LogP) is 4.18. The van der Waals surface area contributed by atoms with Gasteiger partial charge in [0.05, 0.1) is 28.9 Å². The summed E-state index contributed by atoms with van der Waals surface area (Å²) in [4.78, 5) is 13.1. The van der Waals surface area contributed by atoms with Gasteiger partial charge in [-0.1, -0.05) is 44.2 Å². The lowest BCUT2D eigenvalue weighted by atomic mass is 9.76. The van der Waals surface area contributed by atoms with Gasteiger partial charge in [-0.25, -0.2) is 8.42 Å². The van der Waals surface area contributed by atoms with Gasteiger partial charge in [0, 0.05) is 17.5 Å².